The number of rotatable bonds is 20. The van der Waals surface area contributed by atoms with Gasteiger partial charge in [0.15, 0.2) is 17.5 Å². The van der Waals surface area contributed by atoms with Gasteiger partial charge in [-0.2, -0.15) is 0 Å². The second-order valence-electron chi connectivity index (χ2n) is 10.8. The highest BCUT2D eigenvalue weighted by molar-refractivity contribution is 5.94. The van der Waals surface area contributed by atoms with E-state index in [0.717, 1.165) is 17.5 Å². The van der Waals surface area contributed by atoms with Crippen LogP contribution in [0.3, 0.4) is 0 Å². The van der Waals surface area contributed by atoms with Crippen molar-refractivity contribution >= 4 is 29.3 Å². The van der Waals surface area contributed by atoms with Gasteiger partial charge in [0.2, 0.25) is 11.8 Å². The van der Waals surface area contributed by atoms with E-state index in [1.54, 1.807) is 0 Å². The maximum Gasteiger partial charge on any atom is 0.237 e. The first-order valence-corrected chi connectivity index (χ1v) is 14.8. The van der Waals surface area contributed by atoms with Crippen molar-refractivity contribution in [1.29, 1.82) is 0 Å². The largest absolute Gasteiger partial charge is 0.370 e. The molecule has 2 aromatic rings. The molecular formula is C32H47N7O4. The minimum atomic E-state index is -0.900. The number of hydrogen-bond donors (Lipinski definition) is 6. The zero-order chi connectivity index (χ0) is 31.6. The predicted octanol–water partition coefficient (Wildman–Crippen LogP) is 1.12. The highest BCUT2D eigenvalue weighted by Crippen LogP contribution is 2.17. The van der Waals surface area contributed by atoms with Crippen molar-refractivity contribution in [3.63, 3.8) is 0 Å². The van der Waals surface area contributed by atoms with Crippen LogP contribution >= 0.6 is 0 Å². The van der Waals surface area contributed by atoms with Crippen molar-refractivity contribution in [3.8, 4) is 0 Å². The van der Waals surface area contributed by atoms with Gasteiger partial charge in [-0.1, -0.05) is 60.7 Å². The molecule has 2 amide bonds. The summed E-state index contributed by atoms with van der Waals surface area (Å²) in [4.78, 5) is 56.6. The fourth-order valence-corrected chi connectivity index (χ4v) is 4.76. The van der Waals surface area contributed by atoms with Crippen LogP contribution < -0.4 is 33.6 Å². The first kappa shape index (κ1) is 35.1. The van der Waals surface area contributed by atoms with Gasteiger partial charge in [0, 0.05) is 18.9 Å². The van der Waals surface area contributed by atoms with Crippen LogP contribution in [0.25, 0.3) is 0 Å². The number of nitrogens with two attached hydrogens (primary N) is 4. The van der Waals surface area contributed by atoms with E-state index in [2.05, 4.69) is 15.6 Å². The van der Waals surface area contributed by atoms with Crippen LogP contribution in [0, 0.1) is 5.92 Å². The van der Waals surface area contributed by atoms with Gasteiger partial charge in [-0.05, 0) is 69.5 Å². The molecule has 2 rings (SSSR count). The number of amides is 2. The molecule has 0 unspecified atom stereocenters. The number of Topliss-reactive ketones (excluding diaryl/α,β-unsaturated/α-hetero) is 2. The zero-order valence-corrected chi connectivity index (χ0v) is 25.0. The van der Waals surface area contributed by atoms with Gasteiger partial charge < -0.3 is 33.6 Å². The van der Waals surface area contributed by atoms with Crippen LogP contribution in [0.4, 0.5) is 0 Å². The summed E-state index contributed by atoms with van der Waals surface area (Å²) in [7, 11) is 0. The molecule has 0 aromatic heterocycles. The van der Waals surface area contributed by atoms with Gasteiger partial charge in [-0.25, -0.2) is 0 Å². The number of aliphatic imine (C=N–C) groups is 1. The molecule has 234 valence electrons. The van der Waals surface area contributed by atoms with Gasteiger partial charge in [0.1, 0.15) is 0 Å². The van der Waals surface area contributed by atoms with Crippen LogP contribution in [0.1, 0.15) is 56.6 Å². The summed E-state index contributed by atoms with van der Waals surface area (Å²) in [6.45, 7) is 2.20. The molecule has 0 aliphatic heterocycles. The molecular weight excluding hydrogens is 546 g/mol. The number of guanidine groups is 1. The summed E-state index contributed by atoms with van der Waals surface area (Å²) in [5.74, 6) is -2.17. The number of carbonyl (C=O) groups is 4. The molecule has 0 fully saturated rings. The Morgan fingerprint density at radius 1 is 0.767 bits per heavy atom. The third-order valence-electron chi connectivity index (χ3n) is 7.18. The van der Waals surface area contributed by atoms with Gasteiger partial charge in [-0.15, -0.1) is 0 Å². The lowest BCUT2D eigenvalue weighted by atomic mass is 9.89. The molecule has 4 atom stereocenters. The summed E-state index contributed by atoms with van der Waals surface area (Å²) in [6.07, 6.45) is 3.02. The van der Waals surface area contributed by atoms with Crippen LogP contribution in [0.2, 0.25) is 0 Å². The van der Waals surface area contributed by atoms with Crippen LogP contribution in [0.5, 0.6) is 0 Å². The molecule has 0 saturated heterocycles. The SMILES string of the molecule is CC(=O)[C@H](CCCCN)NC(=O)[C@@H](CC(=O)[C@@H](CCCN=C(N)N)NC(=O)[C@@H](N)Cc1ccccc1)Cc1ccccc1. The summed E-state index contributed by atoms with van der Waals surface area (Å²) in [6, 6.07) is 16.3. The summed E-state index contributed by atoms with van der Waals surface area (Å²) < 4.78 is 0. The molecule has 10 N–H and O–H groups in total. The molecule has 0 aliphatic carbocycles. The predicted molar refractivity (Wildman–Crippen MR) is 169 cm³/mol. The van der Waals surface area contributed by atoms with Crippen LogP contribution in [0.15, 0.2) is 65.7 Å². The van der Waals surface area contributed by atoms with Crippen molar-refractivity contribution in [1.82, 2.24) is 10.6 Å². The van der Waals surface area contributed by atoms with E-state index in [0.29, 0.717) is 32.2 Å². The first-order valence-electron chi connectivity index (χ1n) is 14.8. The Bertz CT molecular complexity index is 1190. The van der Waals surface area contributed by atoms with Gasteiger partial charge in [0.25, 0.3) is 0 Å². The lowest BCUT2D eigenvalue weighted by Gasteiger charge is -2.24. The second-order valence-corrected chi connectivity index (χ2v) is 10.8. The standard InChI is InChI=1S/C32H47N7O4/c1-22(40)27(15-8-9-17-33)38-30(42)25(19-23-11-4-2-5-12-23)21-29(41)28(16-10-18-37-32(35)36)39-31(43)26(34)20-24-13-6-3-7-14-24/h2-7,11-14,25-28H,8-10,15-21,33-34H2,1H3,(H,38,42)(H,39,43)(H4,35,36,37)/t25-,26+,27+,28-/m1/s1. The third kappa shape index (κ3) is 13.6. The monoisotopic (exact) mass is 593 g/mol. The second kappa shape index (κ2) is 19.2. The van der Waals surface area contributed by atoms with E-state index in [9.17, 15) is 19.2 Å². The minimum Gasteiger partial charge on any atom is -0.370 e. The van der Waals surface area contributed by atoms with E-state index < -0.39 is 35.9 Å². The molecule has 0 aliphatic rings. The van der Waals surface area contributed by atoms with E-state index in [1.807, 2.05) is 60.7 Å². The molecule has 2 aromatic carbocycles. The van der Waals surface area contributed by atoms with Gasteiger partial charge in [0.05, 0.1) is 18.1 Å². The summed E-state index contributed by atoms with van der Waals surface area (Å²) in [5.41, 5.74) is 24.4. The minimum absolute atomic E-state index is 0.0668. The highest BCUT2D eigenvalue weighted by Gasteiger charge is 2.30. The molecule has 0 saturated carbocycles. The Balaban J connectivity index is 2.22. The Morgan fingerprint density at radius 3 is 1.88 bits per heavy atom. The van der Waals surface area contributed by atoms with Crippen molar-refractivity contribution in [2.24, 2.45) is 33.8 Å². The topological polar surface area (TPSA) is 209 Å². The lowest BCUT2D eigenvalue weighted by molar-refractivity contribution is -0.133. The Morgan fingerprint density at radius 2 is 1.33 bits per heavy atom. The van der Waals surface area contributed by atoms with Crippen molar-refractivity contribution in [3.05, 3.63) is 71.8 Å². The highest BCUT2D eigenvalue weighted by atomic mass is 16.2. The number of unbranched alkanes of at least 4 members (excludes halogenated alkanes) is 1. The third-order valence-corrected chi connectivity index (χ3v) is 7.18. The number of nitrogens with zero attached hydrogens (tertiary/aromatic N) is 1. The number of benzene rings is 2. The van der Waals surface area contributed by atoms with E-state index in [1.165, 1.54) is 6.92 Å². The fourth-order valence-electron chi connectivity index (χ4n) is 4.76. The number of nitrogens with one attached hydrogen (secondary N) is 2. The quantitative estimate of drug-likeness (QED) is 0.0742. The molecule has 0 bridgehead atoms. The van der Waals surface area contributed by atoms with Gasteiger partial charge in [-0.3, -0.25) is 24.2 Å². The molecule has 43 heavy (non-hydrogen) atoms. The van der Waals surface area contributed by atoms with E-state index >= 15 is 0 Å². The van der Waals surface area contributed by atoms with Crippen molar-refractivity contribution in [2.75, 3.05) is 13.1 Å². The normalized spacial score (nSPS) is 13.7. The Hall–Kier alpha value is -4.09. The Kier molecular flexibility index (Phi) is 15.6. The van der Waals surface area contributed by atoms with E-state index in [4.69, 9.17) is 22.9 Å². The molecule has 0 heterocycles. The average Bonchev–Trinajstić information content (AvgIpc) is 2.98. The zero-order valence-electron chi connectivity index (χ0n) is 25.0. The molecule has 11 nitrogen and oxygen atoms in total. The van der Waals surface area contributed by atoms with Gasteiger partial charge >= 0.3 is 0 Å². The molecule has 11 heteroatoms. The number of hydrogen-bond acceptors (Lipinski definition) is 7. The summed E-state index contributed by atoms with van der Waals surface area (Å²) in [5, 5.41) is 5.66. The molecule has 0 radical (unpaired) electrons. The maximum atomic E-state index is 13.7. The number of carbonyl (C=O) groups excluding carboxylic acids is 4. The smallest absolute Gasteiger partial charge is 0.237 e. The van der Waals surface area contributed by atoms with Crippen LogP contribution in [-0.4, -0.2) is 60.6 Å². The average molecular weight is 594 g/mol. The maximum absolute atomic E-state index is 13.7. The molecule has 0 spiro atoms. The van der Waals surface area contributed by atoms with Crippen molar-refractivity contribution in [2.45, 2.75) is 76.4 Å². The Labute approximate surface area is 254 Å². The first-order chi connectivity index (χ1) is 20.6. The number of ketones is 2. The van der Waals surface area contributed by atoms with Crippen LogP contribution in [-0.2, 0) is 32.0 Å². The summed E-state index contributed by atoms with van der Waals surface area (Å²) >= 11 is 0. The van der Waals surface area contributed by atoms with E-state index in [-0.39, 0.29) is 43.3 Å². The lowest BCUT2D eigenvalue weighted by Crippen LogP contribution is -2.50. The fraction of sp³-hybridized carbons (Fsp3) is 0.469. The van der Waals surface area contributed by atoms with Crippen molar-refractivity contribution < 1.29 is 19.2 Å².